The maximum absolute atomic E-state index is 12.7. The number of carbonyl (C=O) groups excluding carboxylic acids is 1. The number of aromatic nitrogens is 1. The maximum atomic E-state index is 12.7. The van der Waals surface area contributed by atoms with Crippen LogP contribution in [0.3, 0.4) is 0 Å². The number of hydrogen-bond donors (Lipinski definition) is 2. The molecule has 2 N–H and O–H groups in total. The summed E-state index contributed by atoms with van der Waals surface area (Å²) in [7, 11) is 0. The quantitative estimate of drug-likeness (QED) is 0.879. The number of amides is 1. The molecule has 20 heavy (non-hydrogen) atoms. The monoisotopic (exact) mass is 284 g/mol. The summed E-state index contributed by atoms with van der Waals surface area (Å²) in [6.07, 6.45) is 0.100. The van der Waals surface area contributed by atoms with Crippen LogP contribution in [0.25, 0.3) is 0 Å². The van der Waals surface area contributed by atoms with Crippen molar-refractivity contribution in [2.24, 2.45) is 0 Å². The molecule has 1 aromatic rings. The summed E-state index contributed by atoms with van der Waals surface area (Å²) in [5, 5.41) is 11.3. The second kappa shape index (κ2) is 6.31. The molecular formula is C13H17FN2O4. The van der Waals surface area contributed by atoms with Gasteiger partial charge in [-0.05, 0) is 32.9 Å². The Bertz CT molecular complexity index is 482. The van der Waals surface area contributed by atoms with Crippen LogP contribution in [-0.4, -0.2) is 33.8 Å². The Kier molecular flexibility index (Phi) is 5.01. The van der Waals surface area contributed by atoms with E-state index in [1.807, 2.05) is 0 Å². The molecule has 6 nitrogen and oxygen atoms in total. The van der Waals surface area contributed by atoms with Crippen LogP contribution >= 0.6 is 0 Å². The van der Waals surface area contributed by atoms with Gasteiger partial charge in [0.1, 0.15) is 17.5 Å². The number of rotatable bonds is 4. The van der Waals surface area contributed by atoms with Crippen molar-refractivity contribution in [3.8, 4) is 0 Å². The van der Waals surface area contributed by atoms with E-state index in [0.717, 1.165) is 6.20 Å². The Morgan fingerprint density at radius 1 is 1.45 bits per heavy atom. The van der Waals surface area contributed by atoms with Gasteiger partial charge in [-0.2, -0.15) is 0 Å². The first kappa shape index (κ1) is 15.9. The highest BCUT2D eigenvalue weighted by atomic mass is 19.1. The van der Waals surface area contributed by atoms with Crippen LogP contribution in [0.15, 0.2) is 18.3 Å². The van der Waals surface area contributed by atoms with Crippen LogP contribution in [0.1, 0.15) is 26.5 Å². The SMILES string of the molecule is CC(C)(C)OC(=O)N[C@@H](Cc1ccc(F)cn1)C(=O)O. The Balaban J connectivity index is 2.68. The summed E-state index contributed by atoms with van der Waals surface area (Å²) in [5.41, 5.74) is -0.365. The Morgan fingerprint density at radius 3 is 2.55 bits per heavy atom. The first-order chi connectivity index (χ1) is 9.17. The Hall–Kier alpha value is -2.18. The summed E-state index contributed by atoms with van der Waals surface area (Å²) < 4.78 is 17.7. The highest BCUT2D eigenvalue weighted by Gasteiger charge is 2.24. The molecule has 0 fully saturated rings. The second-order valence-corrected chi connectivity index (χ2v) is 5.21. The molecule has 0 saturated heterocycles. The molecule has 0 aliphatic rings. The fraction of sp³-hybridized carbons (Fsp3) is 0.462. The zero-order valence-corrected chi connectivity index (χ0v) is 11.5. The molecule has 0 bridgehead atoms. The molecule has 0 saturated carbocycles. The van der Waals surface area contributed by atoms with E-state index in [4.69, 9.17) is 9.84 Å². The largest absolute Gasteiger partial charge is 0.480 e. The van der Waals surface area contributed by atoms with Crippen molar-refractivity contribution >= 4 is 12.1 Å². The molecule has 0 aliphatic heterocycles. The minimum Gasteiger partial charge on any atom is -0.480 e. The van der Waals surface area contributed by atoms with Gasteiger partial charge in [0.05, 0.1) is 6.20 Å². The Labute approximate surface area is 116 Å². The maximum Gasteiger partial charge on any atom is 0.408 e. The number of carbonyl (C=O) groups is 2. The van der Waals surface area contributed by atoms with Crippen molar-refractivity contribution in [3.05, 3.63) is 29.8 Å². The minimum atomic E-state index is -1.22. The van der Waals surface area contributed by atoms with Crippen molar-refractivity contribution in [1.82, 2.24) is 10.3 Å². The van der Waals surface area contributed by atoms with Gasteiger partial charge in [0.15, 0.2) is 0 Å². The number of ether oxygens (including phenoxy) is 1. The highest BCUT2D eigenvalue weighted by molar-refractivity contribution is 5.80. The topological polar surface area (TPSA) is 88.5 Å². The van der Waals surface area contributed by atoms with Gasteiger partial charge in [0.2, 0.25) is 0 Å². The van der Waals surface area contributed by atoms with Crippen molar-refractivity contribution in [3.63, 3.8) is 0 Å². The average molecular weight is 284 g/mol. The predicted octanol–water partition coefficient (Wildman–Crippen LogP) is 1.74. The lowest BCUT2D eigenvalue weighted by Crippen LogP contribution is -2.44. The molecule has 1 aromatic heterocycles. The standard InChI is InChI=1S/C13H17FN2O4/c1-13(2,3)20-12(19)16-10(11(17)18)6-9-5-4-8(14)7-15-9/h4-5,7,10H,6H2,1-3H3,(H,16,19)(H,17,18)/t10-/m0/s1. The van der Waals surface area contributed by atoms with E-state index in [-0.39, 0.29) is 6.42 Å². The van der Waals surface area contributed by atoms with E-state index in [1.165, 1.54) is 12.1 Å². The van der Waals surface area contributed by atoms with Crippen LogP contribution in [0, 0.1) is 5.82 Å². The fourth-order valence-corrected chi connectivity index (χ4v) is 1.39. The molecule has 1 rings (SSSR count). The zero-order valence-electron chi connectivity index (χ0n) is 11.5. The van der Waals surface area contributed by atoms with Crippen LogP contribution in [0.5, 0.6) is 0 Å². The van der Waals surface area contributed by atoms with Crippen LogP contribution in [-0.2, 0) is 16.0 Å². The summed E-state index contributed by atoms with van der Waals surface area (Å²) >= 11 is 0. The first-order valence-electron chi connectivity index (χ1n) is 6.00. The number of nitrogens with zero attached hydrogens (tertiary/aromatic N) is 1. The van der Waals surface area contributed by atoms with Gasteiger partial charge in [-0.1, -0.05) is 0 Å². The number of hydrogen-bond acceptors (Lipinski definition) is 4. The third-order valence-electron chi connectivity index (χ3n) is 2.19. The average Bonchev–Trinajstić information content (AvgIpc) is 2.28. The molecule has 0 radical (unpaired) electrons. The number of carboxylic acids is 1. The van der Waals surface area contributed by atoms with E-state index >= 15 is 0 Å². The molecule has 0 unspecified atom stereocenters. The number of carboxylic acid groups (broad SMARTS) is 1. The lowest BCUT2D eigenvalue weighted by molar-refractivity contribution is -0.139. The molecule has 7 heteroatoms. The van der Waals surface area contributed by atoms with Crippen LogP contribution in [0.4, 0.5) is 9.18 Å². The van der Waals surface area contributed by atoms with E-state index in [9.17, 15) is 14.0 Å². The second-order valence-electron chi connectivity index (χ2n) is 5.21. The van der Waals surface area contributed by atoms with Crippen LogP contribution < -0.4 is 5.32 Å². The third-order valence-corrected chi connectivity index (χ3v) is 2.19. The normalized spacial score (nSPS) is 12.6. The summed E-state index contributed by atoms with van der Waals surface area (Å²) in [6, 6.07) is 1.35. The fourth-order valence-electron chi connectivity index (χ4n) is 1.39. The summed E-state index contributed by atoms with van der Waals surface area (Å²) in [5.74, 6) is -1.73. The van der Waals surface area contributed by atoms with E-state index < -0.39 is 29.5 Å². The molecule has 0 aliphatic carbocycles. The van der Waals surface area contributed by atoms with Gasteiger partial charge >= 0.3 is 12.1 Å². The van der Waals surface area contributed by atoms with Gasteiger partial charge in [0.25, 0.3) is 0 Å². The third kappa shape index (κ3) is 5.64. The smallest absolute Gasteiger partial charge is 0.408 e. The summed E-state index contributed by atoms with van der Waals surface area (Å²) in [6.45, 7) is 5.01. The van der Waals surface area contributed by atoms with Crippen LogP contribution in [0.2, 0.25) is 0 Å². The highest BCUT2D eigenvalue weighted by Crippen LogP contribution is 2.08. The van der Waals surface area contributed by atoms with Crippen molar-refractivity contribution in [1.29, 1.82) is 0 Å². The number of nitrogens with one attached hydrogen (secondary N) is 1. The van der Waals surface area contributed by atoms with E-state index in [0.29, 0.717) is 5.69 Å². The van der Waals surface area contributed by atoms with Gasteiger partial charge in [0, 0.05) is 12.1 Å². The van der Waals surface area contributed by atoms with Crippen molar-refractivity contribution in [2.75, 3.05) is 0 Å². The van der Waals surface area contributed by atoms with E-state index in [1.54, 1.807) is 20.8 Å². The molecule has 110 valence electrons. The number of alkyl carbamates (subject to hydrolysis) is 1. The predicted molar refractivity (Wildman–Crippen MR) is 68.7 cm³/mol. The van der Waals surface area contributed by atoms with Crippen molar-refractivity contribution < 1.29 is 23.8 Å². The first-order valence-corrected chi connectivity index (χ1v) is 6.00. The lowest BCUT2D eigenvalue weighted by atomic mass is 10.1. The van der Waals surface area contributed by atoms with Gasteiger partial charge in [-0.3, -0.25) is 4.98 Å². The number of halogens is 1. The lowest BCUT2D eigenvalue weighted by Gasteiger charge is -2.21. The zero-order chi connectivity index (χ0) is 15.3. The number of aliphatic carboxylic acids is 1. The molecular weight excluding hydrogens is 267 g/mol. The molecule has 0 aromatic carbocycles. The summed E-state index contributed by atoms with van der Waals surface area (Å²) in [4.78, 5) is 26.4. The Morgan fingerprint density at radius 2 is 2.10 bits per heavy atom. The van der Waals surface area contributed by atoms with Gasteiger partial charge in [-0.25, -0.2) is 14.0 Å². The minimum absolute atomic E-state index is 0.0607. The molecule has 1 atom stereocenters. The number of pyridine rings is 1. The van der Waals surface area contributed by atoms with E-state index in [2.05, 4.69) is 10.3 Å². The van der Waals surface area contributed by atoms with Crippen molar-refractivity contribution in [2.45, 2.75) is 38.8 Å². The van der Waals surface area contributed by atoms with Gasteiger partial charge < -0.3 is 15.2 Å². The molecule has 0 spiro atoms. The van der Waals surface area contributed by atoms with Gasteiger partial charge in [-0.15, -0.1) is 0 Å². The molecule has 1 amide bonds. The molecule has 1 heterocycles.